The molecule has 27 heavy (non-hydrogen) atoms. The van der Waals surface area contributed by atoms with Gasteiger partial charge < -0.3 is 10.6 Å². The molecule has 0 fully saturated rings. The smallest absolute Gasteiger partial charge is 0.252 e. The van der Waals surface area contributed by atoms with Crippen molar-refractivity contribution in [3.05, 3.63) is 34.8 Å². The minimum atomic E-state index is -0.199. The van der Waals surface area contributed by atoms with Gasteiger partial charge in [-0.2, -0.15) is 5.10 Å². The number of hydrogen-bond donors (Lipinski definition) is 2. The van der Waals surface area contributed by atoms with Crippen LogP contribution in [0.25, 0.3) is 21.6 Å². The Kier molecular flexibility index (Phi) is 5.55. The molecule has 0 aliphatic rings. The van der Waals surface area contributed by atoms with Gasteiger partial charge in [0.25, 0.3) is 5.91 Å². The van der Waals surface area contributed by atoms with Crippen LogP contribution in [-0.4, -0.2) is 39.7 Å². The molecule has 2 amide bonds. The van der Waals surface area contributed by atoms with Crippen molar-refractivity contribution in [3.8, 4) is 10.6 Å². The molecule has 0 saturated carbocycles. The maximum atomic E-state index is 12.8. The average Bonchev–Trinajstić information content (AvgIpc) is 3.26. The molecular weight excluding hydrogens is 362 g/mol. The summed E-state index contributed by atoms with van der Waals surface area (Å²) in [5, 5.41) is 12.8. The number of nitrogens with zero attached hydrogens (tertiary/aromatic N) is 3. The third-order valence-corrected chi connectivity index (χ3v) is 5.11. The lowest BCUT2D eigenvalue weighted by molar-refractivity contribution is -0.123. The van der Waals surface area contributed by atoms with Crippen LogP contribution in [0.5, 0.6) is 0 Å². The molecule has 0 aliphatic carbocycles. The zero-order chi connectivity index (χ0) is 19.6. The molecule has 0 saturated heterocycles. The predicted molar refractivity (Wildman–Crippen MR) is 107 cm³/mol. The number of thiophene rings is 1. The molecule has 0 unspecified atom stereocenters. The number of hydrogen-bond acceptors (Lipinski definition) is 5. The zero-order valence-electron chi connectivity index (χ0n) is 15.9. The normalized spacial score (nSPS) is 11.1. The molecule has 0 spiro atoms. The van der Waals surface area contributed by atoms with Gasteiger partial charge in [-0.3, -0.25) is 14.3 Å². The van der Waals surface area contributed by atoms with Crippen molar-refractivity contribution in [2.24, 2.45) is 13.0 Å². The average molecular weight is 385 g/mol. The Morgan fingerprint density at radius 2 is 2.00 bits per heavy atom. The molecule has 3 aromatic heterocycles. The molecule has 0 atom stereocenters. The lowest BCUT2D eigenvalue weighted by atomic mass is 10.1. The Bertz CT molecular complexity index is 976. The van der Waals surface area contributed by atoms with E-state index in [9.17, 15) is 9.59 Å². The molecule has 2 N–H and O–H groups in total. The second-order valence-electron chi connectivity index (χ2n) is 6.64. The van der Waals surface area contributed by atoms with Crippen LogP contribution in [-0.2, 0) is 11.8 Å². The molecule has 3 aromatic rings. The van der Waals surface area contributed by atoms with Crippen molar-refractivity contribution >= 4 is 34.2 Å². The minimum Gasteiger partial charge on any atom is -0.354 e. The number of aromatic nitrogens is 3. The first-order valence-corrected chi connectivity index (χ1v) is 9.70. The summed E-state index contributed by atoms with van der Waals surface area (Å²) >= 11 is 1.57. The third kappa shape index (κ3) is 4.00. The summed E-state index contributed by atoms with van der Waals surface area (Å²) in [6, 6.07) is 5.74. The SMILES string of the molecule is Cc1nn(C)c2nc(-c3cccs3)cc(C(=O)NCCNC(=O)C(C)C)c12. The number of amides is 2. The Hall–Kier alpha value is -2.74. The van der Waals surface area contributed by atoms with Gasteiger partial charge in [-0.1, -0.05) is 19.9 Å². The van der Waals surface area contributed by atoms with E-state index in [1.807, 2.05) is 51.4 Å². The van der Waals surface area contributed by atoms with E-state index >= 15 is 0 Å². The number of pyridine rings is 1. The highest BCUT2D eigenvalue weighted by Crippen LogP contribution is 2.29. The predicted octanol–water partition coefficient (Wildman–Crippen LogP) is 2.51. The molecule has 0 aliphatic heterocycles. The zero-order valence-corrected chi connectivity index (χ0v) is 16.7. The molecule has 0 bridgehead atoms. The van der Waals surface area contributed by atoms with Crippen LogP contribution >= 0.6 is 11.3 Å². The maximum absolute atomic E-state index is 12.8. The Morgan fingerprint density at radius 1 is 1.26 bits per heavy atom. The van der Waals surface area contributed by atoms with Crippen molar-refractivity contribution in [1.82, 2.24) is 25.4 Å². The molecular formula is C19H23N5O2S. The number of carbonyl (C=O) groups excluding carboxylic acids is 2. The van der Waals surface area contributed by atoms with Gasteiger partial charge in [0, 0.05) is 26.1 Å². The van der Waals surface area contributed by atoms with E-state index in [4.69, 9.17) is 4.98 Å². The summed E-state index contributed by atoms with van der Waals surface area (Å²) in [7, 11) is 1.82. The van der Waals surface area contributed by atoms with E-state index in [-0.39, 0.29) is 17.7 Å². The largest absolute Gasteiger partial charge is 0.354 e. The first kappa shape index (κ1) is 19.0. The van der Waals surface area contributed by atoms with E-state index in [1.54, 1.807) is 16.0 Å². The Morgan fingerprint density at radius 3 is 2.67 bits per heavy atom. The molecule has 3 heterocycles. The summed E-state index contributed by atoms with van der Waals surface area (Å²) in [5.74, 6) is -0.305. The maximum Gasteiger partial charge on any atom is 0.252 e. The Balaban J connectivity index is 1.86. The fraction of sp³-hybridized carbons (Fsp3) is 0.368. The third-order valence-electron chi connectivity index (χ3n) is 4.22. The van der Waals surface area contributed by atoms with Crippen LogP contribution < -0.4 is 10.6 Å². The van der Waals surface area contributed by atoms with Crippen molar-refractivity contribution in [1.29, 1.82) is 0 Å². The van der Waals surface area contributed by atoms with Crippen LogP contribution in [0.2, 0.25) is 0 Å². The molecule has 7 nitrogen and oxygen atoms in total. The monoisotopic (exact) mass is 385 g/mol. The van der Waals surface area contributed by atoms with Crippen molar-refractivity contribution < 1.29 is 9.59 Å². The number of carbonyl (C=O) groups is 2. The number of fused-ring (bicyclic) bond motifs is 1. The first-order chi connectivity index (χ1) is 12.9. The number of nitrogens with one attached hydrogen (secondary N) is 2. The van der Waals surface area contributed by atoms with Crippen LogP contribution in [0, 0.1) is 12.8 Å². The van der Waals surface area contributed by atoms with E-state index < -0.39 is 0 Å². The van der Waals surface area contributed by atoms with Crippen molar-refractivity contribution in [2.75, 3.05) is 13.1 Å². The summed E-state index contributed by atoms with van der Waals surface area (Å²) in [5.41, 5.74) is 2.73. The van der Waals surface area contributed by atoms with E-state index in [1.165, 1.54) is 0 Å². The molecule has 142 valence electrons. The highest BCUT2D eigenvalue weighted by molar-refractivity contribution is 7.13. The van der Waals surface area contributed by atoms with E-state index in [0.717, 1.165) is 21.7 Å². The fourth-order valence-electron chi connectivity index (χ4n) is 2.84. The van der Waals surface area contributed by atoms with Gasteiger partial charge in [0.05, 0.1) is 27.2 Å². The highest BCUT2D eigenvalue weighted by atomic mass is 32.1. The van der Waals surface area contributed by atoms with E-state index in [0.29, 0.717) is 24.3 Å². The lowest BCUT2D eigenvalue weighted by Gasteiger charge is -2.10. The second kappa shape index (κ2) is 7.87. The Labute approximate surface area is 161 Å². The summed E-state index contributed by atoms with van der Waals surface area (Å²) in [4.78, 5) is 30.1. The quantitative estimate of drug-likeness (QED) is 0.638. The summed E-state index contributed by atoms with van der Waals surface area (Å²) in [6.45, 7) is 6.28. The van der Waals surface area contributed by atoms with Gasteiger partial charge in [-0.25, -0.2) is 4.98 Å². The molecule has 0 radical (unpaired) electrons. The van der Waals surface area contributed by atoms with Gasteiger partial charge in [0.2, 0.25) is 5.91 Å². The molecule has 3 rings (SSSR count). The highest BCUT2D eigenvalue weighted by Gasteiger charge is 2.19. The fourth-order valence-corrected chi connectivity index (χ4v) is 3.52. The number of rotatable bonds is 6. The topological polar surface area (TPSA) is 88.9 Å². The summed E-state index contributed by atoms with van der Waals surface area (Å²) < 4.78 is 1.70. The second-order valence-corrected chi connectivity index (χ2v) is 7.59. The van der Waals surface area contributed by atoms with E-state index in [2.05, 4.69) is 15.7 Å². The van der Waals surface area contributed by atoms with Gasteiger partial charge in [-0.05, 0) is 24.4 Å². The lowest BCUT2D eigenvalue weighted by Crippen LogP contribution is -2.36. The van der Waals surface area contributed by atoms with Gasteiger partial charge in [-0.15, -0.1) is 11.3 Å². The van der Waals surface area contributed by atoms with Gasteiger partial charge >= 0.3 is 0 Å². The molecule has 0 aromatic carbocycles. The first-order valence-electron chi connectivity index (χ1n) is 8.82. The van der Waals surface area contributed by atoms with Gasteiger partial charge in [0.15, 0.2) is 5.65 Å². The van der Waals surface area contributed by atoms with Gasteiger partial charge in [0.1, 0.15) is 0 Å². The van der Waals surface area contributed by atoms with Crippen LogP contribution in [0.3, 0.4) is 0 Å². The summed E-state index contributed by atoms with van der Waals surface area (Å²) in [6.07, 6.45) is 0. The minimum absolute atomic E-state index is 0.0290. The van der Waals surface area contributed by atoms with Crippen molar-refractivity contribution in [3.63, 3.8) is 0 Å². The standard InChI is InChI=1S/C19H23N5O2S/c1-11(2)18(25)20-7-8-21-19(26)13-10-14(15-6-5-9-27-15)22-17-16(13)12(3)23-24(17)4/h5-6,9-11H,7-8H2,1-4H3,(H,20,25)(H,21,26). The van der Waals surface area contributed by atoms with Crippen molar-refractivity contribution in [2.45, 2.75) is 20.8 Å². The number of aryl methyl sites for hydroxylation is 2. The van der Waals surface area contributed by atoms with Crippen LogP contribution in [0.4, 0.5) is 0 Å². The molecule has 8 heteroatoms. The van der Waals surface area contributed by atoms with Crippen LogP contribution in [0.15, 0.2) is 23.6 Å². The van der Waals surface area contributed by atoms with Crippen LogP contribution in [0.1, 0.15) is 29.9 Å².